The predicted molar refractivity (Wildman–Crippen MR) is 54.2 cm³/mol. The van der Waals surface area contributed by atoms with Crippen molar-refractivity contribution >= 4 is 11.3 Å². The highest BCUT2D eigenvalue weighted by Gasteiger charge is 2.15. The molecule has 0 fully saturated rings. The zero-order chi connectivity index (χ0) is 9.97. The topological polar surface area (TPSA) is 46.3 Å². The maximum Gasteiger partial charge on any atom is 0.181 e. The Labute approximate surface area is 86.0 Å². The molecule has 4 heteroatoms. The van der Waals surface area contributed by atoms with Crippen LogP contribution < -0.4 is 0 Å². The fourth-order valence-electron chi connectivity index (χ4n) is 1.36. The molecule has 2 rings (SSSR count). The van der Waals surface area contributed by atoms with E-state index in [0.717, 1.165) is 11.3 Å². The molecule has 0 saturated heterocycles. The number of oxazole rings is 1. The van der Waals surface area contributed by atoms with Gasteiger partial charge >= 0.3 is 0 Å². The summed E-state index contributed by atoms with van der Waals surface area (Å²) in [6, 6.07) is 2.00. The molecule has 1 atom stereocenters. The van der Waals surface area contributed by atoms with E-state index in [2.05, 4.69) is 4.98 Å². The van der Waals surface area contributed by atoms with Crippen LogP contribution in [0.3, 0.4) is 0 Å². The van der Waals surface area contributed by atoms with Gasteiger partial charge in [0.1, 0.15) is 6.10 Å². The monoisotopic (exact) mass is 209 g/mol. The highest BCUT2D eigenvalue weighted by Crippen LogP contribution is 2.21. The van der Waals surface area contributed by atoms with Crippen LogP contribution in [0.4, 0.5) is 0 Å². The van der Waals surface area contributed by atoms with Gasteiger partial charge in [0.25, 0.3) is 0 Å². The van der Waals surface area contributed by atoms with Gasteiger partial charge in [-0.25, -0.2) is 4.98 Å². The summed E-state index contributed by atoms with van der Waals surface area (Å²) in [7, 11) is 0. The number of aromatic nitrogens is 1. The average molecular weight is 209 g/mol. The van der Waals surface area contributed by atoms with Crippen LogP contribution in [-0.2, 0) is 6.42 Å². The Balaban J connectivity index is 2.10. The molecule has 0 aliphatic heterocycles. The van der Waals surface area contributed by atoms with Gasteiger partial charge in [-0.2, -0.15) is 11.3 Å². The van der Waals surface area contributed by atoms with Gasteiger partial charge in [-0.15, -0.1) is 0 Å². The number of thiophene rings is 1. The third-order valence-electron chi connectivity index (χ3n) is 2.09. The van der Waals surface area contributed by atoms with Crippen molar-refractivity contribution in [2.45, 2.75) is 19.4 Å². The van der Waals surface area contributed by atoms with Gasteiger partial charge in [-0.3, -0.25) is 0 Å². The summed E-state index contributed by atoms with van der Waals surface area (Å²) in [5.41, 5.74) is 1.88. The lowest BCUT2D eigenvalue weighted by Gasteiger charge is -2.06. The molecule has 3 nitrogen and oxygen atoms in total. The standard InChI is InChI=1S/C10H11NO2S/c1-7-10(13-6-11-7)9(12)4-8-2-3-14-5-8/h2-3,5-6,9,12H,4H2,1H3. The summed E-state index contributed by atoms with van der Waals surface area (Å²) in [4.78, 5) is 3.94. The molecule has 1 N–H and O–H groups in total. The maximum atomic E-state index is 9.83. The number of hydrogen-bond acceptors (Lipinski definition) is 4. The van der Waals surface area contributed by atoms with Crippen molar-refractivity contribution < 1.29 is 9.52 Å². The Morgan fingerprint density at radius 2 is 2.50 bits per heavy atom. The third kappa shape index (κ3) is 1.86. The van der Waals surface area contributed by atoms with Gasteiger partial charge in [-0.05, 0) is 29.3 Å². The molecule has 0 aromatic carbocycles. The van der Waals surface area contributed by atoms with E-state index in [0.29, 0.717) is 12.2 Å². The van der Waals surface area contributed by atoms with E-state index >= 15 is 0 Å². The van der Waals surface area contributed by atoms with Crippen LogP contribution in [0.2, 0.25) is 0 Å². The molecule has 14 heavy (non-hydrogen) atoms. The summed E-state index contributed by atoms with van der Waals surface area (Å²) >= 11 is 1.63. The summed E-state index contributed by atoms with van der Waals surface area (Å²) < 4.78 is 5.12. The largest absolute Gasteiger partial charge is 0.445 e. The summed E-state index contributed by atoms with van der Waals surface area (Å²) in [5.74, 6) is 0.566. The second-order valence-corrected chi connectivity index (χ2v) is 3.93. The van der Waals surface area contributed by atoms with Gasteiger partial charge in [0.2, 0.25) is 0 Å². The zero-order valence-corrected chi connectivity index (χ0v) is 8.62. The van der Waals surface area contributed by atoms with Gasteiger partial charge in [0, 0.05) is 6.42 Å². The molecule has 0 radical (unpaired) electrons. The number of nitrogens with zero attached hydrogens (tertiary/aromatic N) is 1. The van der Waals surface area contributed by atoms with Crippen LogP contribution in [-0.4, -0.2) is 10.1 Å². The third-order valence-corrected chi connectivity index (χ3v) is 2.83. The Morgan fingerprint density at radius 3 is 3.07 bits per heavy atom. The van der Waals surface area contributed by atoms with Crippen LogP contribution in [0.1, 0.15) is 23.1 Å². The van der Waals surface area contributed by atoms with Crippen molar-refractivity contribution in [1.82, 2.24) is 4.98 Å². The van der Waals surface area contributed by atoms with Crippen LogP contribution >= 0.6 is 11.3 Å². The molecule has 0 aliphatic rings. The van der Waals surface area contributed by atoms with Crippen LogP contribution in [0.25, 0.3) is 0 Å². The molecule has 0 spiro atoms. The number of aliphatic hydroxyl groups is 1. The lowest BCUT2D eigenvalue weighted by atomic mass is 10.1. The molecular formula is C10H11NO2S. The van der Waals surface area contributed by atoms with E-state index in [9.17, 15) is 5.11 Å². The molecule has 74 valence electrons. The number of hydrogen-bond donors (Lipinski definition) is 1. The van der Waals surface area contributed by atoms with Crippen LogP contribution in [0, 0.1) is 6.92 Å². The highest BCUT2D eigenvalue weighted by molar-refractivity contribution is 7.07. The molecule has 1 unspecified atom stereocenters. The van der Waals surface area contributed by atoms with Crippen molar-refractivity contribution in [3.63, 3.8) is 0 Å². The second-order valence-electron chi connectivity index (χ2n) is 3.15. The van der Waals surface area contributed by atoms with E-state index in [4.69, 9.17) is 4.42 Å². The summed E-state index contributed by atoms with van der Waals surface area (Å²) in [6.07, 6.45) is 1.35. The first-order valence-electron chi connectivity index (χ1n) is 4.36. The van der Waals surface area contributed by atoms with Crippen LogP contribution in [0.15, 0.2) is 27.6 Å². The highest BCUT2D eigenvalue weighted by atomic mass is 32.1. The predicted octanol–water partition coefficient (Wildman–Crippen LogP) is 2.32. The lowest BCUT2D eigenvalue weighted by Crippen LogP contribution is -2.01. The van der Waals surface area contributed by atoms with E-state index in [1.54, 1.807) is 11.3 Å². The second kappa shape index (κ2) is 3.94. The smallest absolute Gasteiger partial charge is 0.181 e. The molecule has 2 heterocycles. The molecule has 0 amide bonds. The molecule has 2 aromatic heterocycles. The van der Waals surface area contributed by atoms with E-state index in [1.807, 2.05) is 23.8 Å². The Hall–Kier alpha value is -1.13. The minimum atomic E-state index is -0.591. The normalized spacial score (nSPS) is 13.0. The SMILES string of the molecule is Cc1ncoc1C(O)Cc1ccsc1. The Morgan fingerprint density at radius 1 is 1.64 bits per heavy atom. The molecular weight excluding hydrogens is 198 g/mol. The summed E-state index contributed by atoms with van der Waals surface area (Å²) in [6.45, 7) is 1.83. The van der Waals surface area contributed by atoms with E-state index in [1.165, 1.54) is 6.39 Å². The quantitative estimate of drug-likeness (QED) is 0.843. The first kappa shape index (κ1) is 9.43. The molecule has 0 bridgehead atoms. The van der Waals surface area contributed by atoms with Crippen molar-refractivity contribution in [2.75, 3.05) is 0 Å². The maximum absolute atomic E-state index is 9.83. The van der Waals surface area contributed by atoms with Crippen molar-refractivity contribution in [1.29, 1.82) is 0 Å². The lowest BCUT2D eigenvalue weighted by molar-refractivity contribution is 0.149. The van der Waals surface area contributed by atoms with Crippen molar-refractivity contribution in [2.24, 2.45) is 0 Å². The minimum Gasteiger partial charge on any atom is -0.445 e. The van der Waals surface area contributed by atoms with Crippen molar-refractivity contribution in [3.05, 3.63) is 40.2 Å². The fourth-order valence-corrected chi connectivity index (χ4v) is 2.04. The summed E-state index contributed by atoms with van der Waals surface area (Å²) in [5, 5.41) is 13.9. The van der Waals surface area contributed by atoms with Gasteiger partial charge < -0.3 is 9.52 Å². The number of rotatable bonds is 3. The van der Waals surface area contributed by atoms with E-state index < -0.39 is 6.10 Å². The Bertz CT molecular complexity index is 394. The van der Waals surface area contributed by atoms with E-state index in [-0.39, 0.29) is 0 Å². The number of aliphatic hydroxyl groups excluding tert-OH is 1. The minimum absolute atomic E-state index is 0.566. The van der Waals surface area contributed by atoms with Gasteiger partial charge in [-0.1, -0.05) is 0 Å². The van der Waals surface area contributed by atoms with Gasteiger partial charge in [0.15, 0.2) is 12.2 Å². The van der Waals surface area contributed by atoms with Gasteiger partial charge in [0.05, 0.1) is 5.69 Å². The molecule has 0 saturated carbocycles. The van der Waals surface area contributed by atoms with Crippen molar-refractivity contribution in [3.8, 4) is 0 Å². The average Bonchev–Trinajstić information content (AvgIpc) is 2.75. The zero-order valence-electron chi connectivity index (χ0n) is 7.80. The first-order chi connectivity index (χ1) is 6.77. The fraction of sp³-hybridized carbons (Fsp3) is 0.300. The number of aryl methyl sites for hydroxylation is 1. The first-order valence-corrected chi connectivity index (χ1v) is 5.31. The molecule has 0 aliphatic carbocycles. The Kier molecular flexibility index (Phi) is 2.65. The molecule has 2 aromatic rings. The van der Waals surface area contributed by atoms with Crippen LogP contribution in [0.5, 0.6) is 0 Å².